The zero-order valence-electron chi connectivity index (χ0n) is 15.1. The smallest absolute Gasteiger partial charge is 0.323 e. The zero-order chi connectivity index (χ0) is 17.6. The first-order chi connectivity index (χ1) is 12.2. The predicted octanol–water partition coefficient (Wildman–Crippen LogP) is 2.85. The van der Waals surface area contributed by atoms with Crippen LogP contribution in [0.15, 0.2) is 30.3 Å². The highest BCUT2D eigenvalue weighted by Crippen LogP contribution is 2.36. The van der Waals surface area contributed by atoms with E-state index in [9.17, 15) is 4.79 Å². The van der Waals surface area contributed by atoms with E-state index in [1.165, 1.54) is 19.1 Å². The van der Waals surface area contributed by atoms with Crippen molar-refractivity contribution >= 4 is 5.97 Å². The Hall–Kier alpha value is -1.43. The van der Waals surface area contributed by atoms with Crippen molar-refractivity contribution in [1.29, 1.82) is 0 Å². The third-order valence-electron chi connectivity index (χ3n) is 5.26. The van der Waals surface area contributed by atoms with E-state index >= 15 is 0 Å². The molecule has 2 heterocycles. The van der Waals surface area contributed by atoms with E-state index in [1.54, 1.807) is 0 Å². The molecule has 0 spiro atoms. The Morgan fingerprint density at radius 3 is 2.80 bits per heavy atom. The van der Waals surface area contributed by atoms with Gasteiger partial charge in [-0.2, -0.15) is 0 Å². The van der Waals surface area contributed by atoms with Gasteiger partial charge in [-0.05, 0) is 50.6 Å². The lowest BCUT2D eigenvalue weighted by Crippen LogP contribution is -2.36. The normalized spacial score (nSPS) is 30.8. The molecule has 0 saturated carbocycles. The number of methoxy groups -OCH3 is 1. The van der Waals surface area contributed by atoms with Gasteiger partial charge in [-0.15, -0.1) is 0 Å². The Labute approximate surface area is 150 Å². The van der Waals surface area contributed by atoms with Crippen LogP contribution >= 0.6 is 0 Å². The molecule has 3 rings (SSSR count). The van der Waals surface area contributed by atoms with Crippen LogP contribution in [0.1, 0.15) is 44.1 Å². The van der Waals surface area contributed by atoms with Crippen LogP contribution in [-0.2, 0) is 19.0 Å². The summed E-state index contributed by atoms with van der Waals surface area (Å²) in [5.74, 6) is 0.234. The minimum atomic E-state index is -0.296. The highest BCUT2D eigenvalue weighted by atomic mass is 16.7. The number of hydrogen-bond donors (Lipinski definition) is 1. The summed E-state index contributed by atoms with van der Waals surface area (Å²) < 4.78 is 16.8. The van der Waals surface area contributed by atoms with Gasteiger partial charge >= 0.3 is 5.97 Å². The fraction of sp³-hybridized carbons (Fsp3) is 0.650. The monoisotopic (exact) mass is 347 g/mol. The fourth-order valence-corrected chi connectivity index (χ4v) is 4.09. The molecule has 4 unspecified atom stereocenters. The summed E-state index contributed by atoms with van der Waals surface area (Å²) in [6, 6.07) is 9.94. The Morgan fingerprint density at radius 1 is 1.32 bits per heavy atom. The Morgan fingerprint density at radius 2 is 2.12 bits per heavy atom. The molecule has 0 radical (unpaired) electrons. The van der Waals surface area contributed by atoms with E-state index in [-0.39, 0.29) is 30.3 Å². The molecule has 25 heavy (non-hydrogen) atoms. The number of benzene rings is 1. The minimum Gasteiger partial charge on any atom is -0.468 e. The summed E-state index contributed by atoms with van der Waals surface area (Å²) in [5.41, 5.74) is 1.18. The molecular formula is C20H29NO4. The van der Waals surface area contributed by atoms with Crippen LogP contribution in [-0.4, -0.2) is 44.7 Å². The van der Waals surface area contributed by atoms with Crippen molar-refractivity contribution in [3.05, 3.63) is 35.9 Å². The van der Waals surface area contributed by atoms with Crippen LogP contribution in [0.3, 0.4) is 0 Å². The van der Waals surface area contributed by atoms with Gasteiger partial charge in [0, 0.05) is 12.5 Å². The van der Waals surface area contributed by atoms with Crippen molar-refractivity contribution in [2.75, 3.05) is 20.3 Å². The Balaban J connectivity index is 1.67. The number of carbonyl (C=O) groups excluding carboxylic acids is 1. The molecular weight excluding hydrogens is 318 g/mol. The SMILES string of the molecule is COC(=O)[C@H]1NCC(CC(C)OC2CCCCO2)C1c1ccccc1. The first kappa shape index (κ1) is 18.4. The highest BCUT2D eigenvalue weighted by Gasteiger charge is 2.42. The molecule has 0 bridgehead atoms. The van der Waals surface area contributed by atoms with Crippen LogP contribution in [0.5, 0.6) is 0 Å². The molecule has 5 heteroatoms. The standard InChI is InChI=1S/C20H29NO4/c1-14(25-17-10-6-7-11-24-17)12-16-13-21-19(20(22)23-2)18(16)15-8-4-3-5-9-15/h3-5,8-9,14,16-19,21H,6-7,10-13H2,1-2H3/t14?,16?,17?,18?,19-/m0/s1. The third-order valence-corrected chi connectivity index (χ3v) is 5.26. The van der Waals surface area contributed by atoms with Crippen LogP contribution in [0.25, 0.3) is 0 Å². The molecule has 5 atom stereocenters. The molecule has 2 aliphatic rings. The summed E-state index contributed by atoms with van der Waals surface area (Å²) >= 11 is 0. The van der Waals surface area contributed by atoms with E-state index in [1.807, 2.05) is 18.2 Å². The molecule has 0 aliphatic carbocycles. The van der Waals surface area contributed by atoms with Crippen molar-refractivity contribution in [2.24, 2.45) is 5.92 Å². The van der Waals surface area contributed by atoms with Crippen LogP contribution in [0.2, 0.25) is 0 Å². The molecule has 2 saturated heterocycles. The van der Waals surface area contributed by atoms with Gasteiger partial charge in [0.05, 0.1) is 13.2 Å². The van der Waals surface area contributed by atoms with E-state index in [0.717, 1.165) is 32.4 Å². The lowest BCUT2D eigenvalue weighted by molar-refractivity contribution is -0.187. The van der Waals surface area contributed by atoms with Crippen LogP contribution < -0.4 is 5.32 Å². The Kier molecular flexibility index (Phi) is 6.45. The maximum absolute atomic E-state index is 12.2. The zero-order valence-corrected chi connectivity index (χ0v) is 15.1. The van der Waals surface area contributed by atoms with Gasteiger partial charge < -0.3 is 19.5 Å². The number of nitrogens with one attached hydrogen (secondary N) is 1. The van der Waals surface area contributed by atoms with Gasteiger partial charge in [0.2, 0.25) is 0 Å². The third kappa shape index (κ3) is 4.60. The molecule has 2 fully saturated rings. The maximum atomic E-state index is 12.2. The van der Waals surface area contributed by atoms with E-state index in [4.69, 9.17) is 14.2 Å². The number of hydrogen-bond acceptors (Lipinski definition) is 5. The van der Waals surface area contributed by atoms with Crippen molar-refractivity contribution in [3.8, 4) is 0 Å². The molecule has 1 aromatic carbocycles. The number of rotatable bonds is 6. The van der Waals surface area contributed by atoms with E-state index < -0.39 is 0 Å². The molecule has 1 N–H and O–H groups in total. The summed E-state index contributed by atoms with van der Waals surface area (Å²) in [4.78, 5) is 12.2. The Bertz CT molecular complexity index is 544. The second kappa shape index (κ2) is 8.79. The summed E-state index contributed by atoms with van der Waals surface area (Å²) in [6.45, 7) is 3.68. The van der Waals surface area contributed by atoms with Gasteiger partial charge in [-0.3, -0.25) is 4.79 Å². The number of ether oxygens (including phenoxy) is 3. The second-order valence-electron chi connectivity index (χ2n) is 7.08. The molecule has 2 aliphatic heterocycles. The molecule has 5 nitrogen and oxygen atoms in total. The van der Waals surface area contributed by atoms with Crippen molar-refractivity contribution < 1.29 is 19.0 Å². The minimum absolute atomic E-state index is 0.0790. The molecule has 138 valence electrons. The summed E-state index contributed by atoms with van der Waals surface area (Å²) in [7, 11) is 1.45. The lowest BCUT2D eigenvalue weighted by Gasteiger charge is -2.29. The largest absolute Gasteiger partial charge is 0.468 e. The maximum Gasteiger partial charge on any atom is 0.323 e. The lowest BCUT2D eigenvalue weighted by atomic mass is 9.81. The average Bonchev–Trinajstić information content (AvgIpc) is 3.06. The first-order valence-corrected chi connectivity index (χ1v) is 9.32. The van der Waals surface area contributed by atoms with E-state index in [2.05, 4.69) is 24.4 Å². The second-order valence-corrected chi connectivity index (χ2v) is 7.08. The van der Waals surface area contributed by atoms with Gasteiger partial charge in [-0.1, -0.05) is 30.3 Å². The molecule has 0 aromatic heterocycles. The van der Waals surface area contributed by atoms with E-state index in [0.29, 0.717) is 5.92 Å². The van der Waals surface area contributed by atoms with Crippen molar-refractivity contribution in [2.45, 2.75) is 57.0 Å². The number of carbonyl (C=O) groups is 1. The van der Waals surface area contributed by atoms with Gasteiger partial charge in [0.15, 0.2) is 6.29 Å². The van der Waals surface area contributed by atoms with Crippen molar-refractivity contribution in [3.63, 3.8) is 0 Å². The average molecular weight is 347 g/mol. The topological polar surface area (TPSA) is 56.8 Å². The fourth-order valence-electron chi connectivity index (χ4n) is 4.09. The summed E-state index contributed by atoms with van der Waals surface area (Å²) in [5, 5.41) is 3.35. The van der Waals surface area contributed by atoms with Crippen LogP contribution in [0, 0.1) is 5.92 Å². The summed E-state index contributed by atoms with van der Waals surface area (Å²) in [6.07, 6.45) is 4.17. The van der Waals surface area contributed by atoms with Gasteiger partial charge in [-0.25, -0.2) is 0 Å². The highest BCUT2D eigenvalue weighted by molar-refractivity contribution is 5.77. The molecule has 0 amide bonds. The van der Waals surface area contributed by atoms with Gasteiger partial charge in [0.25, 0.3) is 0 Å². The number of esters is 1. The van der Waals surface area contributed by atoms with Gasteiger partial charge in [0.1, 0.15) is 6.04 Å². The predicted molar refractivity (Wildman–Crippen MR) is 95.2 cm³/mol. The van der Waals surface area contributed by atoms with Crippen LogP contribution in [0.4, 0.5) is 0 Å². The van der Waals surface area contributed by atoms with Crippen molar-refractivity contribution in [1.82, 2.24) is 5.32 Å². The first-order valence-electron chi connectivity index (χ1n) is 9.32. The quantitative estimate of drug-likeness (QED) is 0.802. The molecule has 1 aromatic rings.